The van der Waals surface area contributed by atoms with Crippen molar-refractivity contribution in [3.8, 4) is 17.0 Å². The molecule has 2 aromatic heterocycles. The van der Waals surface area contributed by atoms with Gasteiger partial charge in [-0.2, -0.15) is 0 Å². The molecule has 5 aromatic rings. The molecule has 0 aliphatic carbocycles. The van der Waals surface area contributed by atoms with Crippen molar-refractivity contribution in [3.63, 3.8) is 0 Å². The average Bonchev–Trinajstić information content (AvgIpc) is 3.19. The van der Waals surface area contributed by atoms with Gasteiger partial charge < -0.3 is 4.74 Å². The lowest BCUT2D eigenvalue weighted by atomic mass is 9.99. The Hall–Kier alpha value is -3.33. The Balaban J connectivity index is 1.99. The monoisotopic (exact) mass is 394 g/mol. The lowest BCUT2D eigenvalue weighted by Gasteiger charge is -2.15. The molecule has 0 aliphatic rings. The van der Waals surface area contributed by atoms with Crippen LogP contribution in [0.2, 0.25) is 0 Å². The molecule has 150 valence electrons. The highest BCUT2D eigenvalue weighted by molar-refractivity contribution is 6.13. The molecule has 0 saturated carbocycles. The van der Waals surface area contributed by atoms with E-state index in [0.717, 1.165) is 35.3 Å². The van der Waals surface area contributed by atoms with Gasteiger partial charge in [-0.1, -0.05) is 43.7 Å². The number of hydrogen-bond donors (Lipinski definition) is 0. The number of aryl methyl sites for hydroxylation is 3. The Labute approximate surface area is 176 Å². The standard InChI is InChI=1S/C27H26N2O/c1-5-7-19-10-12-22-21-13-11-20(30-4)15-23(21)27-28-16-25(29(27)24(22)14-19)26-17(2)8-6-9-18(26)3/h6,8-16H,5,7H2,1-4H3. The van der Waals surface area contributed by atoms with Crippen molar-refractivity contribution in [1.29, 1.82) is 0 Å². The van der Waals surface area contributed by atoms with Crippen LogP contribution >= 0.6 is 0 Å². The Morgan fingerprint density at radius 2 is 1.67 bits per heavy atom. The molecule has 3 heteroatoms. The molecular weight excluding hydrogens is 368 g/mol. The van der Waals surface area contributed by atoms with E-state index in [1.54, 1.807) is 7.11 Å². The van der Waals surface area contributed by atoms with E-state index in [9.17, 15) is 0 Å². The molecule has 0 aliphatic heterocycles. The van der Waals surface area contributed by atoms with Gasteiger partial charge in [0, 0.05) is 16.3 Å². The first kappa shape index (κ1) is 18.7. The molecule has 0 saturated heterocycles. The molecule has 2 heterocycles. The van der Waals surface area contributed by atoms with Crippen LogP contribution in [0.3, 0.4) is 0 Å². The third-order valence-electron chi connectivity index (χ3n) is 6.10. The minimum absolute atomic E-state index is 0.850. The molecule has 5 rings (SSSR count). The lowest BCUT2D eigenvalue weighted by Crippen LogP contribution is -1.98. The summed E-state index contributed by atoms with van der Waals surface area (Å²) in [6.45, 7) is 6.58. The number of rotatable bonds is 4. The van der Waals surface area contributed by atoms with Gasteiger partial charge in [-0.3, -0.25) is 4.40 Å². The van der Waals surface area contributed by atoms with E-state index in [1.807, 2.05) is 12.3 Å². The summed E-state index contributed by atoms with van der Waals surface area (Å²) in [6.07, 6.45) is 4.23. The van der Waals surface area contributed by atoms with Crippen molar-refractivity contribution in [3.05, 3.63) is 77.5 Å². The molecule has 0 amide bonds. The smallest absolute Gasteiger partial charge is 0.145 e. The summed E-state index contributed by atoms with van der Waals surface area (Å²) in [7, 11) is 1.71. The quantitative estimate of drug-likeness (QED) is 0.310. The number of pyridine rings is 1. The second-order valence-electron chi connectivity index (χ2n) is 8.08. The Kier molecular flexibility index (Phi) is 4.47. The molecular formula is C27H26N2O. The fourth-order valence-corrected chi connectivity index (χ4v) is 4.68. The number of nitrogens with zero attached hydrogens (tertiary/aromatic N) is 2. The fraction of sp³-hybridized carbons (Fsp3) is 0.222. The number of benzene rings is 3. The molecule has 0 fully saturated rings. The van der Waals surface area contributed by atoms with Crippen LogP contribution in [-0.2, 0) is 6.42 Å². The second kappa shape index (κ2) is 7.17. The van der Waals surface area contributed by atoms with Gasteiger partial charge in [-0.25, -0.2) is 4.98 Å². The minimum atomic E-state index is 0.850. The van der Waals surface area contributed by atoms with Crippen molar-refractivity contribution in [2.45, 2.75) is 33.6 Å². The fourth-order valence-electron chi connectivity index (χ4n) is 4.68. The van der Waals surface area contributed by atoms with Gasteiger partial charge >= 0.3 is 0 Å². The number of imidazole rings is 1. The maximum atomic E-state index is 5.53. The number of fused-ring (bicyclic) bond motifs is 6. The van der Waals surface area contributed by atoms with Gasteiger partial charge in [-0.15, -0.1) is 0 Å². The van der Waals surface area contributed by atoms with Gasteiger partial charge in [0.05, 0.1) is 24.5 Å². The third-order valence-corrected chi connectivity index (χ3v) is 6.10. The summed E-state index contributed by atoms with van der Waals surface area (Å²) in [5, 5.41) is 3.56. The van der Waals surface area contributed by atoms with E-state index in [2.05, 4.69) is 73.7 Å². The van der Waals surface area contributed by atoms with Gasteiger partial charge in [-0.05, 0) is 66.6 Å². The summed E-state index contributed by atoms with van der Waals surface area (Å²) in [6, 6.07) is 19.6. The van der Waals surface area contributed by atoms with Crippen molar-refractivity contribution in [2.75, 3.05) is 7.11 Å². The summed E-state index contributed by atoms with van der Waals surface area (Å²) in [4.78, 5) is 4.91. The summed E-state index contributed by atoms with van der Waals surface area (Å²) >= 11 is 0. The molecule has 0 unspecified atom stereocenters. The van der Waals surface area contributed by atoms with Crippen LogP contribution in [0.1, 0.15) is 30.0 Å². The van der Waals surface area contributed by atoms with Crippen molar-refractivity contribution in [2.24, 2.45) is 0 Å². The SMILES string of the molecule is CCCc1ccc2c3ccc(OC)cc3c3ncc(-c4c(C)cccc4C)n3c2c1. The predicted octanol–water partition coefficient (Wildman–Crippen LogP) is 6.89. The topological polar surface area (TPSA) is 26.5 Å². The first-order valence-electron chi connectivity index (χ1n) is 10.6. The van der Waals surface area contributed by atoms with E-state index in [4.69, 9.17) is 9.72 Å². The third kappa shape index (κ3) is 2.77. The second-order valence-corrected chi connectivity index (χ2v) is 8.08. The zero-order valence-corrected chi connectivity index (χ0v) is 18.0. The first-order valence-corrected chi connectivity index (χ1v) is 10.6. The average molecular weight is 395 g/mol. The normalized spacial score (nSPS) is 11.6. The van der Waals surface area contributed by atoms with Crippen LogP contribution < -0.4 is 4.74 Å². The van der Waals surface area contributed by atoms with Gasteiger partial charge in [0.25, 0.3) is 0 Å². The van der Waals surface area contributed by atoms with Crippen LogP contribution in [0, 0.1) is 13.8 Å². The van der Waals surface area contributed by atoms with Crippen LogP contribution in [0.5, 0.6) is 5.75 Å². The van der Waals surface area contributed by atoms with Gasteiger partial charge in [0.1, 0.15) is 11.4 Å². The highest BCUT2D eigenvalue weighted by atomic mass is 16.5. The van der Waals surface area contributed by atoms with Crippen molar-refractivity contribution in [1.82, 2.24) is 9.38 Å². The molecule has 30 heavy (non-hydrogen) atoms. The molecule has 0 N–H and O–H groups in total. The highest BCUT2D eigenvalue weighted by Gasteiger charge is 2.17. The molecule has 0 bridgehead atoms. The number of aromatic nitrogens is 2. The van der Waals surface area contributed by atoms with E-state index < -0.39 is 0 Å². The molecule has 0 radical (unpaired) electrons. The number of hydrogen-bond acceptors (Lipinski definition) is 2. The van der Waals surface area contributed by atoms with Crippen LogP contribution in [0.25, 0.3) is 38.6 Å². The number of methoxy groups -OCH3 is 1. The number of ether oxygens (including phenoxy) is 1. The van der Waals surface area contributed by atoms with Crippen LogP contribution in [-0.4, -0.2) is 16.5 Å². The van der Waals surface area contributed by atoms with Gasteiger partial charge in [0.2, 0.25) is 0 Å². The van der Waals surface area contributed by atoms with Gasteiger partial charge in [0.15, 0.2) is 0 Å². The maximum Gasteiger partial charge on any atom is 0.145 e. The summed E-state index contributed by atoms with van der Waals surface area (Å²) in [5.74, 6) is 0.850. The molecule has 0 atom stereocenters. The minimum Gasteiger partial charge on any atom is -0.497 e. The summed E-state index contributed by atoms with van der Waals surface area (Å²) in [5.41, 5.74) is 8.48. The zero-order chi connectivity index (χ0) is 20.8. The molecule has 0 spiro atoms. The van der Waals surface area contributed by atoms with Crippen LogP contribution in [0.15, 0.2) is 60.8 Å². The first-order chi connectivity index (χ1) is 14.6. The lowest BCUT2D eigenvalue weighted by molar-refractivity contribution is 0.415. The van der Waals surface area contributed by atoms with Crippen molar-refractivity contribution < 1.29 is 4.74 Å². The Morgan fingerprint density at radius 1 is 0.900 bits per heavy atom. The predicted molar refractivity (Wildman–Crippen MR) is 126 cm³/mol. The largest absolute Gasteiger partial charge is 0.497 e. The Morgan fingerprint density at radius 3 is 2.40 bits per heavy atom. The van der Waals surface area contributed by atoms with E-state index in [-0.39, 0.29) is 0 Å². The van der Waals surface area contributed by atoms with E-state index >= 15 is 0 Å². The van der Waals surface area contributed by atoms with E-state index in [1.165, 1.54) is 38.5 Å². The van der Waals surface area contributed by atoms with Crippen LogP contribution in [0.4, 0.5) is 0 Å². The zero-order valence-electron chi connectivity index (χ0n) is 18.0. The van der Waals surface area contributed by atoms with Crippen molar-refractivity contribution >= 4 is 27.3 Å². The highest BCUT2D eigenvalue weighted by Crippen LogP contribution is 2.36. The maximum absolute atomic E-state index is 5.53. The molecule has 3 nitrogen and oxygen atoms in total. The Bertz CT molecular complexity index is 1390. The summed E-state index contributed by atoms with van der Waals surface area (Å²) < 4.78 is 7.87. The molecule has 3 aromatic carbocycles. The van der Waals surface area contributed by atoms with E-state index in [0.29, 0.717) is 0 Å².